The van der Waals surface area contributed by atoms with E-state index in [9.17, 15) is 14.4 Å². The van der Waals surface area contributed by atoms with Gasteiger partial charge in [0.05, 0.1) is 0 Å². The molecule has 1 unspecified atom stereocenters. The predicted molar refractivity (Wildman–Crippen MR) is 75.7 cm³/mol. The maximum atomic E-state index is 12.5. The van der Waals surface area contributed by atoms with Gasteiger partial charge in [-0.05, 0) is 31.6 Å². The average molecular weight is 297 g/mol. The van der Waals surface area contributed by atoms with Crippen LogP contribution in [0.4, 0.5) is 4.79 Å². The lowest BCUT2D eigenvalue weighted by Crippen LogP contribution is -2.52. The Morgan fingerprint density at radius 2 is 1.81 bits per heavy atom. The third-order valence-electron chi connectivity index (χ3n) is 4.40. The number of nitrogens with one attached hydrogen (secondary N) is 1. The summed E-state index contributed by atoms with van der Waals surface area (Å²) in [6, 6.07) is -0.450. The van der Waals surface area contributed by atoms with E-state index in [1.807, 2.05) is 0 Å². The zero-order chi connectivity index (χ0) is 15.4. The highest BCUT2D eigenvalue weighted by atomic mass is 16.4. The summed E-state index contributed by atoms with van der Waals surface area (Å²) in [6.07, 6.45) is 3.17. The summed E-state index contributed by atoms with van der Waals surface area (Å²) < 4.78 is 0. The van der Waals surface area contributed by atoms with Crippen LogP contribution < -0.4 is 5.32 Å². The molecule has 0 aromatic carbocycles. The summed E-state index contributed by atoms with van der Waals surface area (Å²) in [4.78, 5) is 38.4. The van der Waals surface area contributed by atoms with Gasteiger partial charge in [0.2, 0.25) is 5.91 Å². The largest absolute Gasteiger partial charge is 0.481 e. The Balaban J connectivity index is 1.89. The van der Waals surface area contributed by atoms with E-state index in [-0.39, 0.29) is 30.3 Å². The molecule has 118 valence electrons. The Hall–Kier alpha value is -1.79. The molecule has 0 aromatic heterocycles. The number of urea groups is 1. The monoisotopic (exact) mass is 297 g/mol. The second-order valence-corrected chi connectivity index (χ2v) is 5.78. The van der Waals surface area contributed by atoms with Crippen molar-refractivity contribution in [3.63, 3.8) is 0 Å². The van der Waals surface area contributed by atoms with Crippen molar-refractivity contribution in [3.05, 3.63) is 0 Å². The van der Waals surface area contributed by atoms with Gasteiger partial charge in [-0.15, -0.1) is 0 Å². The SMILES string of the molecule is CNC(=O)C1CCCN1C(=O)N1CCC(CC(=O)O)CC1. The van der Waals surface area contributed by atoms with Crippen molar-refractivity contribution in [3.8, 4) is 0 Å². The molecule has 0 aromatic rings. The Morgan fingerprint density at radius 3 is 2.38 bits per heavy atom. The lowest BCUT2D eigenvalue weighted by Gasteiger charge is -2.35. The number of likely N-dealkylation sites (tertiary alicyclic amines) is 2. The molecular formula is C14H23N3O4. The maximum absolute atomic E-state index is 12.5. The van der Waals surface area contributed by atoms with E-state index in [4.69, 9.17) is 5.11 Å². The lowest BCUT2D eigenvalue weighted by atomic mass is 9.94. The first-order valence-corrected chi connectivity index (χ1v) is 7.52. The molecule has 21 heavy (non-hydrogen) atoms. The normalized spacial score (nSPS) is 23.2. The number of hydrogen-bond acceptors (Lipinski definition) is 3. The summed E-state index contributed by atoms with van der Waals surface area (Å²) in [6.45, 7) is 1.77. The minimum atomic E-state index is -0.779. The topological polar surface area (TPSA) is 90.0 Å². The molecule has 2 N–H and O–H groups in total. The molecule has 2 fully saturated rings. The molecule has 2 rings (SSSR count). The number of carboxylic acid groups (broad SMARTS) is 1. The number of nitrogens with zero attached hydrogens (tertiary/aromatic N) is 2. The van der Waals surface area contributed by atoms with Crippen molar-refractivity contribution in [1.29, 1.82) is 0 Å². The van der Waals surface area contributed by atoms with E-state index < -0.39 is 5.97 Å². The molecule has 7 heteroatoms. The molecule has 0 bridgehead atoms. The summed E-state index contributed by atoms with van der Waals surface area (Å²) in [7, 11) is 1.58. The van der Waals surface area contributed by atoms with E-state index in [1.165, 1.54) is 0 Å². The molecule has 2 aliphatic heterocycles. The summed E-state index contributed by atoms with van der Waals surface area (Å²) in [5.41, 5.74) is 0. The summed E-state index contributed by atoms with van der Waals surface area (Å²) in [5, 5.41) is 11.4. The van der Waals surface area contributed by atoms with E-state index in [0.29, 0.717) is 26.1 Å². The number of hydrogen-bond donors (Lipinski definition) is 2. The minimum absolute atomic E-state index is 0.0881. The molecule has 1 atom stereocenters. The van der Waals surface area contributed by atoms with Crippen LogP contribution in [0.1, 0.15) is 32.1 Å². The van der Waals surface area contributed by atoms with Gasteiger partial charge in [0, 0.05) is 33.1 Å². The third-order valence-corrected chi connectivity index (χ3v) is 4.40. The van der Waals surface area contributed by atoms with Crippen LogP contribution >= 0.6 is 0 Å². The minimum Gasteiger partial charge on any atom is -0.481 e. The van der Waals surface area contributed by atoms with Gasteiger partial charge in [0.15, 0.2) is 0 Å². The van der Waals surface area contributed by atoms with Crippen LogP contribution in [0.15, 0.2) is 0 Å². The molecule has 0 spiro atoms. The van der Waals surface area contributed by atoms with E-state index in [0.717, 1.165) is 19.3 Å². The van der Waals surface area contributed by atoms with Gasteiger partial charge >= 0.3 is 12.0 Å². The molecule has 2 aliphatic rings. The molecule has 0 aliphatic carbocycles. The van der Waals surface area contributed by atoms with Crippen molar-refractivity contribution in [2.75, 3.05) is 26.7 Å². The predicted octanol–water partition coefficient (Wildman–Crippen LogP) is 0.503. The Morgan fingerprint density at radius 1 is 1.14 bits per heavy atom. The van der Waals surface area contributed by atoms with Crippen LogP contribution in [-0.4, -0.2) is 65.5 Å². The zero-order valence-corrected chi connectivity index (χ0v) is 12.4. The number of carbonyl (C=O) groups is 3. The molecule has 0 saturated carbocycles. The van der Waals surface area contributed by atoms with Crippen molar-refractivity contribution >= 4 is 17.9 Å². The van der Waals surface area contributed by atoms with E-state index in [2.05, 4.69) is 5.32 Å². The van der Waals surface area contributed by atoms with E-state index in [1.54, 1.807) is 16.8 Å². The Kier molecular flexibility index (Phi) is 5.03. The van der Waals surface area contributed by atoms with Crippen LogP contribution in [0.2, 0.25) is 0 Å². The zero-order valence-electron chi connectivity index (χ0n) is 12.4. The highest BCUT2D eigenvalue weighted by molar-refractivity contribution is 5.87. The second-order valence-electron chi connectivity index (χ2n) is 5.78. The fraction of sp³-hybridized carbons (Fsp3) is 0.786. The smallest absolute Gasteiger partial charge is 0.320 e. The van der Waals surface area contributed by atoms with Gasteiger partial charge in [0.1, 0.15) is 6.04 Å². The summed E-state index contributed by atoms with van der Waals surface area (Å²) in [5.74, 6) is -0.736. The number of carboxylic acids is 1. The third kappa shape index (κ3) is 3.65. The van der Waals surface area contributed by atoms with Gasteiger partial charge in [-0.2, -0.15) is 0 Å². The maximum Gasteiger partial charge on any atom is 0.320 e. The number of piperidine rings is 1. The van der Waals surface area contributed by atoms with E-state index >= 15 is 0 Å². The van der Waals surface area contributed by atoms with Crippen molar-refractivity contribution in [1.82, 2.24) is 15.1 Å². The van der Waals surface area contributed by atoms with Gasteiger partial charge in [-0.25, -0.2) is 4.79 Å². The molecular weight excluding hydrogens is 274 g/mol. The number of carbonyl (C=O) groups excluding carboxylic acids is 2. The molecule has 2 saturated heterocycles. The van der Waals surface area contributed by atoms with Crippen LogP contribution in [0.3, 0.4) is 0 Å². The quantitative estimate of drug-likeness (QED) is 0.794. The van der Waals surface area contributed by atoms with Crippen LogP contribution in [-0.2, 0) is 9.59 Å². The van der Waals surface area contributed by atoms with Crippen molar-refractivity contribution < 1.29 is 19.5 Å². The number of rotatable bonds is 3. The number of amides is 3. The molecule has 3 amide bonds. The molecule has 2 heterocycles. The number of likely N-dealkylation sites (N-methyl/N-ethyl adjacent to an activating group) is 1. The van der Waals surface area contributed by atoms with Crippen LogP contribution in [0.25, 0.3) is 0 Å². The molecule has 0 radical (unpaired) electrons. The lowest BCUT2D eigenvalue weighted by molar-refractivity contribution is -0.138. The highest BCUT2D eigenvalue weighted by Crippen LogP contribution is 2.24. The number of aliphatic carboxylic acids is 1. The average Bonchev–Trinajstić information content (AvgIpc) is 2.95. The standard InChI is InChI=1S/C14H23N3O4/c1-15-13(20)11-3-2-6-17(11)14(21)16-7-4-10(5-8-16)9-12(18)19/h10-11H,2-9H2,1H3,(H,15,20)(H,18,19). The van der Waals surface area contributed by atoms with Gasteiger partial charge in [-0.3, -0.25) is 9.59 Å². The first kappa shape index (κ1) is 15.6. The molecule has 7 nitrogen and oxygen atoms in total. The fourth-order valence-corrected chi connectivity index (χ4v) is 3.19. The Bertz CT molecular complexity index is 418. The summed E-state index contributed by atoms with van der Waals surface area (Å²) >= 11 is 0. The fourth-order valence-electron chi connectivity index (χ4n) is 3.19. The Labute approximate surface area is 124 Å². The highest BCUT2D eigenvalue weighted by Gasteiger charge is 2.36. The van der Waals surface area contributed by atoms with Crippen molar-refractivity contribution in [2.24, 2.45) is 5.92 Å². The van der Waals surface area contributed by atoms with Crippen LogP contribution in [0, 0.1) is 5.92 Å². The first-order chi connectivity index (χ1) is 10.0. The van der Waals surface area contributed by atoms with Gasteiger partial charge < -0.3 is 20.2 Å². The first-order valence-electron chi connectivity index (χ1n) is 7.52. The van der Waals surface area contributed by atoms with Gasteiger partial charge in [0.25, 0.3) is 0 Å². The second kappa shape index (κ2) is 6.78. The van der Waals surface area contributed by atoms with Crippen LogP contribution in [0.5, 0.6) is 0 Å². The van der Waals surface area contributed by atoms with Gasteiger partial charge in [-0.1, -0.05) is 0 Å². The van der Waals surface area contributed by atoms with Crippen molar-refractivity contribution in [2.45, 2.75) is 38.1 Å².